The van der Waals surface area contributed by atoms with Crippen LogP contribution in [0.3, 0.4) is 0 Å². The highest BCUT2D eigenvalue weighted by molar-refractivity contribution is 7.99. The Labute approximate surface area is 284 Å². The molecule has 0 radical (unpaired) electrons. The van der Waals surface area contributed by atoms with E-state index in [9.17, 15) is 0 Å². The molecule has 0 saturated carbocycles. The minimum absolute atomic E-state index is 0.455. The van der Waals surface area contributed by atoms with Crippen LogP contribution in [0.1, 0.15) is 22.3 Å². The summed E-state index contributed by atoms with van der Waals surface area (Å²) in [4.78, 5) is 12.6. The molecule has 7 aromatic carbocycles. The smallest absolute Gasteiger partial charge is 0.160 e. The molecule has 48 heavy (non-hydrogen) atoms. The van der Waals surface area contributed by atoms with Crippen LogP contribution in [0, 0.1) is 0 Å². The van der Waals surface area contributed by atoms with Gasteiger partial charge in [-0.15, -0.1) is 0 Å². The monoisotopic (exact) mass is 630 g/mol. The molecule has 1 aromatic heterocycles. The number of fused-ring (bicyclic) bond motifs is 3. The van der Waals surface area contributed by atoms with Crippen molar-refractivity contribution in [3.8, 4) is 33.8 Å². The molecule has 226 valence electrons. The molecule has 3 heteroatoms. The Balaban J connectivity index is 1.19. The van der Waals surface area contributed by atoms with Gasteiger partial charge in [-0.1, -0.05) is 169 Å². The SMILES string of the molecule is c1ccc(-c2nc(-c3ccc(-c4cccc(C5(c6ccccc6)c6ccccc6Sc6ccccc65)c4)cc3)c3ccccc3n2)cc1. The lowest BCUT2D eigenvalue weighted by Crippen LogP contribution is -2.34. The third-order valence-corrected chi connectivity index (χ3v) is 10.6. The summed E-state index contributed by atoms with van der Waals surface area (Å²) in [5, 5.41) is 1.05. The predicted molar refractivity (Wildman–Crippen MR) is 198 cm³/mol. The molecule has 2 nitrogen and oxygen atoms in total. The number of hydrogen-bond donors (Lipinski definition) is 0. The van der Waals surface area contributed by atoms with Crippen LogP contribution in [-0.2, 0) is 5.41 Å². The molecule has 0 spiro atoms. The lowest BCUT2D eigenvalue weighted by Gasteiger charge is -2.42. The van der Waals surface area contributed by atoms with E-state index in [0.717, 1.165) is 39.1 Å². The Morgan fingerprint density at radius 2 is 0.958 bits per heavy atom. The number of hydrogen-bond acceptors (Lipinski definition) is 3. The van der Waals surface area contributed by atoms with Crippen molar-refractivity contribution in [3.05, 3.63) is 204 Å². The zero-order valence-corrected chi connectivity index (χ0v) is 26.9. The van der Waals surface area contributed by atoms with Gasteiger partial charge in [-0.05, 0) is 57.6 Å². The van der Waals surface area contributed by atoms with Crippen molar-refractivity contribution in [2.45, 2.75) is 15.2 Å². The van der Waals surface area contributed by atoms with E-state index in [2.05, 4.69) is 158 Å². The zero-order valence-electron chi connectivity index (χ0n) is 26.1. The predicted octanol–water partition coefficient (Wildman–Crippen LogP) is 11.5. The summed E-state index contributed by atoms with van der Waals surface area (Å²) in [7, 11) is 0. The summed E-state index contributed by atoms with van der Waals surface area (Å²) in [6, 6.07) is 65.2. The summed E-state index contributed by atoms with van der Waals surface area (Å²) in [6.45, 7) is 0. The Hall–Kier alpha value is -5.77. The number of para-hydroxylation sites is 1. The van der Waals surface area contributed by atoms with Crippen LogP contribution in [0.5, 0.6) is 0 Å². The van der Waals surface area contributed by atoms with E-state index in [0.29, 0.717) is 0 Å². The fraction of sp³-hybridized carbons (Fsp3) is 0.0222. The van der Waals surface area contributed by atoms with Crippen molar-refractivity contribution in [1.29, 1.82) is 0 Å². The molecule has 0 atom stereocenters. The van der Waals surface area contributed by atoms with Crippen molar-refractivity contribution in [1.82, 2.24) is 9.97 Å². The molecule has 9 rings (SSSR count). The molecular weight excluding hydrogens is 601 g/mol. The molecule has 1 aliphatic rings. The maximum Gasteiger partial charge on any atom is 0.160 e. The highest BCUT2D eigenvalue weighted by atomic mass is 32.2. The maximum absolute atomic E-state index is 5.09. The van der Waals surface area contributed by atoms with Crippen molar-refractivity contribution in [2.75, 3.05) is 0 Å². The van der Waals surface area contributed by atoms with Crippen molar-refractivity contribution < 1.29 is 0 Å². The standard InChI is InChI=1S/C45H30N2S/c1-3-14-33(15-4-1)44-46-40-23-10-7-20-37(40)43(47-44)32-28-26-31(27-29-32)34-16-13-19-36(30-34)45(35-17-5-2-6-18-35)38-21-8-11-24-41(38)48-42-25-12-9-22-39(42)45/h1-30H. The molecule has 0 unspecified atom stereocenters. The van der Waals surface area contributed by atoms with Crippen LogP contribution in [0.2, 0.25) is 0 Å². The summed E-state index contributed by atoms with van der Waals surface area (Å²) >= 11 is 1.86. The van der Waals surface area contributed by atoms with Crippen LogP contribution in [-0.4, -0.2) is 9.97 Å². The first kappa shape index (κ1) is 28.5. The number of benzene rings is 7. The van der Waals surface area contributed by atoms with Crippen LogP contribution in [0.4, 0.5) is 0 Å². The first-order valence-electron chi connectivity index (χ1n) is 16.2. The Morgan fingerprint density at radius 1 is 0.396 bits per heavy atom. The molecule has 0 aliphatic carbocycles. The van der Waals surface area contributed by atoms with Gasteiger partial charge in [0.1, 0.15) is 0 Å². The van der Waals surface area contributed by atoms with E-state index in [1.54, 1.807) is 0 Å². The van der Waals surface area contributed by atoms with Gasteiger partial charge < -0.3 is 0 Å². The molecule has 0 fully saturated rings. The van der Waals surface area contributed by atoms with Crippen LogP contribution in [0.25, 0.3) is 44.7 Å². The van der Waals surface area contributed by atoms with E-state index in [-0.39, 0.29) is 0 Å². The van der Waals surface area contributed by atoms with Gasteiger partial charge in [-0.25, -0.2) is 9.97 Å². The van der Waals surface area contributed by atoms with Gasteiger partial charge in [-0.2, -0.15) is 0 Å². The average Bonchev–Trinajstić information content (AvgIpc) is 3.17. The quantitative estimate of drug-likeness (QED) is 0.189. The highest BCUT2D eigenvalue weighted by Crippen LogP contribution is 2.55. The zero-order chi connectivity index (χ0) is 31.9. The fourth-order valence-corrected chi connectivity index (χ4v) is 8.43. The third kappa shape index (κ3) is 4.66. The second kappa shape index (κ2) is 11.8. The summed E-state index contributed by atoms with van der Waals surface area (Å²) < 4.78 is 0. The van der Waals surface area contributed by atoms with Crippen molar-refractivity contribution in [2.24, 2.45) is 0 Å². The Kier molecular flexibility index (Phi) is 6.99. The first-order valence-corrected chi connectivity index (χ1v) is 17.1. The average molecular weight is 631 g/mol. The van der Waals surface area contributed by atoms with E-state index < -0.39 is 5.41 Å². The third-order valence-electron chi connectivity index (χ3n) is 9.43. The van der Waals surface area contributed by atoms with Crippen molar-refractivity contribution in [3.63, 3.8) is 0 Å². The fourth-order valence-electron chi connectivity index (χ4n) is 7.24. The summed E-state index contributed by atoms with van der Waals surface area (Å²) in [5.41, 5.74) is 11.0. The number of nitrogens with zero attached hydrogens (tertiary/aromatic N) is 2. The van der Waals surface area contributed by atoms with Gasteiger partial charge in [0.25, 0.3) is 0 Å². The van der Waals surface area contributed by atoms with E-state index in [1.807, 2.05) is 36.0 Å². The summed E-state index contributed by atoms with van der Waals surface area (Å²) in [5.74, 6) is 0.735. The highest BCUT2D eigenvalue weighted by Gasteiger charge is 2.44. The normalized spacial score (nSPS) is 13.1. The second-order valence-electron chi connectivity index (χ2n) is 12.1. The van der Waals surface area contributed by atoms with E-state index >= 15 is 0 Å². The minimum atomic E-state index is -0.455. The topological polar surface area (TPSA) is 25.8 Å². The van der Waals surface area contributed by atoms with Crippen LogP contribution >= 0.6 is 11.8 Å². The van der Waals surface area contributed by atoms with E-state index in [1.165, 1.54) is 37.6 Å². The molecule has 0 N–H and O–H groups in total. The van der Waals surface area contributed by atoms with Gasteiger partial charge in [0.05, 0.1) is 16.6 Å². The molecule has 1 aliphatic heterocycles. The lowest BCUT2D eigenvalue weighted by atomic mass is 9.64. The van der Waals surface area contributed by atoms with Crippen molar-refractivity contribution >= 4 is 22.7 Å². The van der Waals surface area contributed by atoms with Gasteiger partial charge in [0.2, 0.25) is 0 Å². The molecule has 0 bridgehead atoms. The Morgan fingerprint density at radius 3 is 1.69 bits per heavy atom. The first-order chi connectivity index (χ1) is 23.8. The van der Waals surface area contributed by atoms with Crippen LogP contribution < -0.4 is 0 Å². The minimum Gasteiger partial charge on any atom is -0.228 e. The molecule has 0 saturated heterocycles. The lowest BCUT2D eigenvalue weighted by molar-refractivity contribution is 0.703. The molecular formula is C45H30N2S. The summed E-state index contributed by atoms with van der Waals surface area (Å²) in [6.07, 6.45) is 0. The molecule has 2 heterocycles. The largest absolute Gasteiger partial charge is 0.228 e. The molecule has 8 aromatic rings. The number of aromatic nitrogens is 2. The van der Waals surface area contributed by atoms with Gasteiger partial charge >= 0.3 is 0 Å². The Bertz CT molecular complexity index is 2370. The maximum atomic E-state index is 5.09. The van der Waals surface area contributed by atoms with Gasteiger partial charge in [0, 0.05) is 26.3 Å². The molecule has 0 amide bonds. The van der Waals surface area contributed by atoms with Gasteiger partial charge in [-0.3, -0.25) is 0 Å². The van der Waals surface area contributed by atoms with Gasteiger partial charge in [0.15, 0.2) is 5.82 Å². The van der Waals surface area contributed by atoms with Crippen LogP contribution in [0.15, 0.2) is 192 Å². The number of rotatable bonds is 5. The van der Waals surface area contributed by atoms with E-state index in [4.69, 9.17) is 9.97 Å². The second-order valence-corrected chi connectivity index (χ2v) is 13.2.